The van der Waals surface area contributed by atoms with E-state index >= 15 is 0 Å². The van der Waals surface area contributed by atoms with Gasteiger partial charge in [-0.15, -0.1) is 5.10 Å². The van der Waals surface area contributed by atoms with Gasteiger partial charge in [-0.25, -0.2) is 4.68 Å². The fraction of sp³-hybridized carbons (Fsp3) is 0.211. The van der Waals surface area contributed by atoms with Crippen molar-refractivity contribution in [2.24, 2.45) is 0 Å². The molecule has 2 heterocycles. The normalized spacial score (nSPS) is 11.9. The highest BCUT2D eigenvalue weighted by atomic mass is 32.2. The molecule has 0 bridgehead atoms. The van der Waals surface area contributed by atoms with Gasteiger partial charge in [0.1, 0.15) is 0 Å². The van der Waals surface area contributed by atoms with E-state index in [1.807, 2.05) is 18.2 Å². The number of ether oxygens (including phenoxy) is 2. The molecule has 2 N–H and O–H groups in total. The molecule has 0 saturated carbocycles. The van der Waals surface area contributed by atoms with Gasteiger partial charge in [-0.1, -0.05) is 17.8 Å². The summed E-state index contributed by atoms with van der Waals surface area (Å²) in [5, 5.41) is 17.7. The number of nitrogens with zero attached hydrogens (tertiary/aromatic N) is 4. The van der Waals surface area contributed by atoms with Gasteiger partial charge in [0.05, 0.1) is 12.3 Å². The molecule has 0 saturated heterocycles. The van der Waals surface area contributed by atoms with Crippen LogP contribution in [0, 0.1) is 0 Å². The Bertz CT molecular complexity index is 1070. The van der Waals surface area contributed by atoms with Crippen LogP contribution in [0.3, 0.4) is 0 Å². The molecule has 0 atom stereocenters. The zero-order valence-electron chi connectivity index (χ0n) is 16.0. The fourth-order valence-electron chi connectivity index (χ4n) is 2.78. The Morgan fingerprint density at radius 3 is 2.57 bits per heavy atom. The van der Waals surface area contributed by atoms with Gasteiger partial charge in [-0.2, -0.15) is 0 Å². The SMILES string of the molecule is CC(=O)Nc1ccc(NC(=O)CSc2nnnn2Cc2ccc3c(c2)OCO3)cc1. The van der Waals surface area contributed by atoms with E-state index < -0.39 is 0 Å². The molecule has 1 aromatic heterocycles. The van der Waals surface area contributed by atoms with Gasteiger partial charge >= 0.3 is 0 Å². The summed E-state index contributed by atoms with van der Waals surface area (Å²) < 4.78 is 12.3. The van der Waals surface area contributed by atoms with Gasteiger partial charge in [-0.3, -0.25) is 9.59 Å². The quantitative estimate of drug-likeness (QED) is 0.552. The molecule has 2 amide bonds. The lowest BCUT2D eigenvalue weighted by molar-refractivity contribution is -0.114. The first kappa shape index (κ1) is 19.7. The average Bonchev–Trinajstić information content (AvgIpc) is 3.36. The van der Waals surface area contributed by atoms with Gasteiger partial charge in [0, 0.05) is 18.3 Å². The number of rotatable bonds is 7. The van der Waals surface area contributed by atoms with E-state index in [2.05, 4.69) is 26.2 Å². The Labute approximate surface area is 175 Å². The molecule has 10 nitrogen and oxygen atoms in total. The summed E-state index contributed by atoms with van der Waals surface area (Å²) in [6.45, 7) is 2.10. The molecule has 0 unspecified atom stereocenters. The minimum Gasteiger partial charge on any atom is -0.454 e. The zero-order valence-corrected chi connectivity index (χ0v) is 16.8. The fourth-order valence-corrected chi connectivity index (χ4v) is 3.46. The molecule has 4 rings (SSSR count). The summed E-state index contributed by atoms with van der Waals surface area (Å²) >= 11 is 1.24. The Kier molecular flexibility index (Phi) is 5.80. The van der Waals surface area contributed by atoms with Crippen LogP contribution < -0.4 is 20.1 Å². The molecular formula is C19H18N6O4S. The van der Waals surface area contributed by atoms with Crippen molar-refractivity contribution in [2.45, 2.75) is 18.6 Å². The number of carbonyl (C=O) groups is 2. The van der Waals surface area contributed by atoms with Gasteiger partial charge in [-0.05, 0) is 52.4 Å². The molecule has 30 heavy (non-hydrogen) atoms. The summed E-state index contributed by atoms with van der Waals surface area (Å²) in [6, 6.07) is 12.5. The predicted molar refractivity (Wildman–Crippen MR) is 110 cm³/mol. The number of anilines is 2. The topological polar surface area (TPSA) is 120 Å². The molecule has 0 fully saturated rings. The smallest absolute Gasteiger partial charge is 0.234 e. The number of amides is 2. The van der Waals surface area contributed by atoms with E-state index in [0.717, 1.165) is 5.56 Å². The van der Waals surface area contributed by atoms with E-state index in [1.165, 1.54) is 18.7 Å². The van der Waals surface area contributed by atoms with E-state index in [0.29, 0.717) is 34.6 Å². The van der Waals surface area contributed by atoms with Crippen molar-refractivity contribution < 1.29 is 19.1 Å². The third kappa shape index (κ3) is 4.87. The molecular weight excluding hydrogens is 408 g/mol. The summed E-state index contributed by atoms with van der Waals surface area (Å²) in [4.78, 5) is 23.3. The third-order valence-electron chi connectivity index (χ3n) is 4.09. The highest BCUT2D eigenvalue weighted by Crippen LogP contribution is 2.32. The van der Waals surface area contributed by atoms with Crippen LogP contribution in [0.1, 0.15) is 12.5 Å². The second-order valence-corrected chi connectivity index (χ2v) is 7.34. The van der Waals surface area contributed by atoms with Crippen molar-refractivity contribution in [3.8, 4) is 11.5 Å². The molecule has 0 radical (unpaired) electrons. The number of benzene rings is 2. The van der Waals surface area contributed by atoms with Gasteiger partial charge in [0.15, 0.2) is 11.5 Å². The van der Waals surface area contributed by atoms with Crippen LogP contribution in [0.5, 0.6) is 11.5 Å². The highest BCUT2D eigenvalue weighted by Gasteiger charge is 2.15. The lowest BCUT2D eigenvalue weighted by Crippen LogP contribution is -2.15. The number of tetrazole rings is 1. The Balaban J connectivity index is 1.31. The number of nitrogens with one attached hydrogen (secondary N) is 2. The number of hydrogen-bond acceptors (Lipinski definition) is 8. The number of aromatic nitrogens is 4. The molecule has 1 aliphatic rings. The van der Waals surface area contributed by atoms with Crippen molar-refractivity contribution in [2.75, 3.05) is 23.2 Å². The van der Waals surface area contributed by atoms with Crippen LogP contribution in [0.15, 0.2) is 47.6 Å². The van der Waals surface area contributed by atoms with Crippen LogP contribution in [0.2, 0.25) is 0 Å². The minimum atomic E-state index is -0.190. The predicted octanol–water partition coefficient (Wildman–Crippen LogP) is 2.14. The maximum absolute atomic E-state index is 12.3. The zero-order chi connectivity index (χ0) is 20.9. The first-order chi connectivity index (χ1) is 14.6. The standard InChI is InChI=1S/C19H18N6O4S/c1-12(26)20-14-3-5-15(6-4-14)21-18(27)10-30-19-22-23-24-25(19)9-13-2-7-16-17(8-13)29-11-28-16/h2-8H,9-11H2,1H3,(H,20,26)(H,21,27). The summed E-state index contributed by atoms with van der Waals surface area (Å²) in [7, 11) is 0. The second-order valence-electron chi connectivity index (χ2n) is 6.40. The van der Waals surface area contributed by atoms with Crippen molar-refractivity contribution in [3.05, 3.63) is 48.0 Å². The average molecular weight is 426 g/mol. The molecule has 2 aromatic carbocycles. The van der Waals surface area contributed by atoms with Crippen LogP contribution in [0.25, 0.3) is 0 Å². The largest absolute Gasteiger partial charge is 0.454 e. The number of hydrogen-bond donors (Lipinski definition) is 2. The maximum atomic E-state index is 12.3. The monoisotopic (exact) mass is 426 g/mol. The van der Waals surface area contributed by atoms with Gasteiger partial charge < -0.3 is 20.1 Å². The van der Waals surface area contributed by atoms with Crippen molar-refractivity contribution >= 4 is 35.0 Å². The Morgan fingerprint density at radius 1 is 1.07 bits per heavy atom. The van der Waals surface area contributed by atoms with Gasteiger partial charge in [0.2, 0.25) is 23.8 Å². The summed E-state index contributed by atoms with van der Waals surface area (Å²) in [5.74, 6) is 1.21. The molecule has 1 aliphatic heterocycles. The van der Waals surface area contributed by atoms with E-state index in [9.17, 15) is 9.59 Å². The first-order valence-corrected chi connectivity index (χ1v) is 10.0. The van der Waals surface area contributed by atoms with E-state index in [4.69, 9.17) is 9.47 Å². The molecule has 3 aromatic rings. The second kappa shape index (κ2) is 8.82. The van der Waals surface area contributed by atoms with Crippen LogP contribution in [-0.2, 0) is 16.1 Å². The molecule has 11 heteroatoms. The highest BCUT2D eigenvalue weighted by molar-refractivity contribution is 7.99. The number of thioether (sulfide) groups is 1. The van der Waals surface area contributed by atoms with E-state index in [-0.39, 0.29) is 24.4 Å². The maximum Gasteiger partial charge on any atom is 0.234 e. The Morgan fingerprint density at radius 2 is 1.80 bits per heavy atom. The van der Waals surface area contributed by atoms with Crippen molar-refractivity contribution in [3.63, 3.8) is 0 Å². The number of fused-ring (bicyclic) bond motifs is 1. The molecule has 0 aliphatic carbocycles. The first-order valence-electron chi connectivity index (χ1n) is 9.02. The van der Waals surface area contributed by atoms with Gasteiger partial charge in [0.25, 0.3) is 0 Å². The van der Waals surface area contributed by atoms with Crippen LogP contribution in [-0.4, -0.2) is 44.6 Å². The summed E-state index contributed by atoms with van der Waals surface area (Å²) in [6.07, 6.45) is 0. The van der Waals surface area contributed by atoms with E-state index in [1.54, 1.807) is 28.9 Å². The molecule has 0 spiro atoms. The lowest BCUT2D eigenvalue weighted by atomic mass is 10.2. The Hall–Kier alpha value is -3.60. The van der Waals surface area contributed by atoms with Crippen LogP contribution in [0.4, 0.5) is 11.4 Å². The van der Waals surface area contributed by atoms with Crippen molar-refractivity contribution in [1.82, 2.24) is 20.2 Å². The van der Waals surface area contributed by atoms with Crippen molar-refractivity contribution in [1.29, 1.82) is 0 Å². The lowest BCUT2D eigenvalue weighted by Gasteiger charge is -2.07. The molecule has 154 valence electrons. The summed E-state index contributed by atoms with van der Waals surface area (Å²) in [5.41, 5.74) is 2.25. The van der Waals surface area contributed by atoms with Crippen LogP contribution >= 0.6 is 11.8 Å². The number of carbonyl (C=O) groups excluding carboxylic acids is 2. The minimum absolute atomic E-state index is 0.148. The third-order valence-corrected chi connectivity index (χ3v) is 5.05.